The van der Waals surface area contributed by atoms with Crippen molar-refractivity contribution in [2.75, 3.05) is 0 Å². The average molecular weight is 322 g/mol. The molecule has 6 aromatic rings. The van der Waals surface area contributed by atoms with E-state index in [9.17, 15) is 0 Å². The number of hydrogen-bond donors (Lipinski definition) is 0. The van der Waals surface area contributed by atoms with Crippen molar-refractivity contribution >= 4 is 45.4 Å². The third-order valence-corrected chi connectivity index (χ3v) is 3.26. The lowest BCUT2D eigenvalue weighted by Crippen LogP contribution is -1.83. The van der Waals surface area contributed by atoms with Crippen LogP contribution in [0.2, 0.25) is 0 Å². The highest BCUT2D eigenvalue weighted by atomic mass is 16.4. The number of oxazole rings is 4. The molecule has 0 atom stereocenters. The van der Waals surface area contributed by atoms with Crippen LogP contribution in [0, 0.1) is 0 Å². The van der Waals surface area contributed by atoms with Gasteiger partial charge in [-0.15, -0.1) is 0 Å². The lowest BCUT2D eigenvalue weighted by Gasteiger charge is -1.83. The van der Waals surface area contributed by atoms with Crippen molar-refractivity contribution in [1.82, 2.24) is 39.9 Å². The fourth-order valence-corrected chi connectivity index (χ4v) is 2.24. The first-order chi connectivity index (χ1) is 11.8. The molecule has 0 aromatic carbocycles. The van der Waals surface area contributed by atoms with Crippen molar-refractivity contribution in [3.63, 3.8) is 0 Å². The standard InChI is InChI=1S/C12H2N8O4/c1-13-3-8(22-1)20-10-5(15-3)18-11(24-10)12-19-6-9(23-12)16-4-7(17-6)21-2-14-4/h1-2H. The molecule has 0 bridgehead atoms. The van der Waals surface area contributed by atoms with Crippen LogP contribution in [-0.4, -0.2) is 39.9 Å². The second-order valence-corrected chi connectivity index (χ2v) is 4.71. The third kappa shape index (κ3) is 1.45. The predicted molar refractivity (Wildman–Crippen MR) is 73.3 cm³/mol. The van der Waals surface area contributed by atoms with Crippen LogP contribution in [0.3, 0.4) is 0 Å². The molecule has 0 aliphatic heterocycles. The van der Waals surface area contributed by atoms with Gasteiger partial charge in [0.2, 0.25) is 22.6 Å². The fraction of sp³-hybridized carbons (Fsp3) is 0. The van der Waals surface area contributed by atoms with E-state index in [0.717, 1.165) is 0 Å². The lowest BCUT2D eigenvalue weighted by atomic mass is 10.6. The van der Waals surface area contributed by atoms with E-state index in [2.05, 4.69) is 39.9 Å². The molecule has 0 aliphatic carbocycles. The number of fused-ring (bicyclic) bond motifs is 4. The van der Waals surface area contributed by atoms with E-state index < -0.39 is 0 Å². The minimum absolute atomic E-state index is 0.0852. The summed E-state index contributed by atoms with van der Waals surface area (Å²) in [4.78, 5) is 32.8. The van der Waals surface area contributed by atoms with E-state index >= 15 is 0 Å². The molecule has 114 valence electrons. The Kier molecular flexibility index (Phi) is 1.87. The Morgan fingerprint density at radius 2 is 1.04 bits per heavy atom. The molecule has 6 heterocycles. The fourth-order valence-electron chi connectivity index (χ4n) is 2.24. The minimum Gasteiger partial charge on any atom is -0.424 e. The predicted octanol–water partition coefficient (Wildman–Crippen LogP) is 1.50. The Morgan fingerprint density at radius 3 is 1.79 bits per heavy atom. The maximum atomic E-state index is 5.52. The lowest BCUT2D eigenvalue weighted by molar-refractivity contribution is 0.537. The molecule has 12 nitrogen and oxygen atoms in total. The molecule has 24 heavy (non-hydrogen) atoms. The molecule has 0 N–H and O–H groups in total. The number of aromatic nitrogens is 8. The summed E-state index contributed by atoms with van der Waals surface area (Å²) in [6.07, 6.45) is 2.48. The summed E-state index contributed by atoms with van der Waals surface area (Å²) in [6, 6.07) is 0. The molecule has 0 unspecified atom stereocenters. The number of nitrogens with zero attached hydrogens (tertiary/aromatic N) is 8. The Balaban J connectivity index is 1.58. The number of rotatable bonds is 1. The summed E-state index contributed by atoms with van der Waals surface area (Å²) < 4.78 is 21.2. The monoisotopic (exact) mass is 322 g/mol. The Hall–Kier alpha value is -3.96. The van der Waals surface area contributed by atoms with Crippen molar-refractivity contribution in [3.8, 4) is 11.8 Å². The van der Waals surface area contributed by atoms with E-state index in [-0.39, 0.29) is 45.9 Å². The van der Waals surface area contributed by atoms with Crippen LogP contribution >= 0.6 is 0 Å². The van der Waals surface area contributed by atoms with Crippen molar-refractivity contribution in [1.29, 1.82) is 0 Å². The van der Waals surface area contributed by atoms with Crippen LogP contribution in [0.4, 0.5) is 0 Å². The van der Waals surface area contributed by atoms with Gasteiger partial charge in [-0.25, -0.2) is 0 Å². The second-order valence-electron chi connectivity index (χ2n) is 4.71. The zero-order valence-electron chi connectivity index (χ0n) is 11.4. The summed E-state index contributed by atoms with van der Waals surface area (Å²) in [5, 5.41) is 0. The van der Waals surface area contributed by atoms with Gasteiger partial charge in [-0.3, -0.25) is 0 Å². The summed E-state index contributed by atoms with van der Waals surface area (Å²) in [6.45, 7) is 0. The zero-order chi connectivity index (χ0) is 15.7. The summed E-state index contributed by atoms with van der Waals surface area (Å²) in [5.74, 6) is 0.170. The molecule has 0 spiro atoms. The molecule has 6 aromatic heterocycles. The van der Waals surface area contributed by atoms with E-state index in [1.54, 1.807) is 0 Å². The zero-order valence-corrected chi connectivity index (χ0v) is 11.4. The first kappa shape index (κ1) is 11.6. The van der Waals surface area contributed by atoms with Gasteiger partial charge < -0.3 is 17.7 Å². The van der Waals surface area contributed by atoms with Gasteiger partial charge >= 0.3 is 0 Å². The van der Waals surface area contributed by atoms with E-state index in [1.807, 2.05) is 0 Å². The molecule has 6 rings (SSSR count). The maximum absolute atomic E-state index is 5.52. The van der Waals surface area contributed by atoms with Crippen LogP contribution < -0.4 is 0 Å². The highest BCUT2D eigenvalue weighted by molar-refractivity contribution is 5.78. The quantitative estimate of drug-likeness (QED) is 0.430. The van der Waals surface area contributed by atoms with E-state index in [4.69, 9.17) is 17.7 Å². The van der Waals surface area contributed by atoms with Gasteiger partial charge in [0.25, 0.3) is 34.6 Å². The van der Waals surface area contributed by atoms with Crippen LogP contribution in [0.1, 0.15) is 0 Å². The van der Waals surface area contributed by atoms with Gasteiger partial charge in [0.05, 0.1) is 0 Å². The normalized spacial score (nSPS) is 12.2. The van der Waals surface area contributed by atoms with Gasteiger partial charge in [-0.1, -0.05) is 0 Å². The molecule has 0 fully saturated rings. The molecular weight excluding hydrogens is 320 g/mol. The van der Waals surface area contributed by atoms with Gasteiger partial charge in [0.15, 0.2) is 12.8 Å². The molecule has 0 aliphatic rings. The third-order valence-electron chi connectivity index (χ3n) is 3.26. The van der Waals surface area contributed by atoms with Gasteiger partial charge in [-0.2, -0.15) is 39.9 Å². The van der Waals surface area contributed by atoms with Crippen molar-refractivity contribution in [3.05, 3.63) is 12.8 Å². The summed E-state index contributed by atoms with van der Waals surface area (Å²) in [7, 11) is 0. The topological polar surface area (TPSA) is 156 Å². The van der Waals surface area contributed by atoms with Gasteiger partial charge in [-0.05, 0) is 0 Å². The summed E-state index contributed by atoms with van der Waals surface area (Å²) >= 11 is 0. The highest BCUT2D eigenvalue weighted by Gasteiger charge is 2.20. The van der Waals surface area contributed by atoms with Crippen LogP contribution in [0.5, 0.6) is 0 Å². The maximum Gasteiger partial charge on any atom is 0.287 e. The summed E-state index contributed by atoms with van der Waals surface area (Å²) in [5.41, 5.74) is 2.01. The molecule has 0 saturated heterocycles. The largest absolute Gasteiger partial charge is 0.424 e. The Morgan fingerprint density at radius 1 is 0.500 bits per heavy atom. The van der Waals surface area contributed by atoms with Gasteiger partial charge in [0, 0.05) is 0 Å². The number of hydrogen-bond acceptors (Lipinski definition) is 12. The van der Waals surface area contributed by atoms with Crippen molar-refractivity contribution < 1.29 is 17.7 Å². The molecule has 0 saturated carbocycles. The van der Waals surface area contributed by atoms with Crippen molar-refractivity contribution in [2.45, 2.75) is 0 Å². The average Bonchev–Trinajstić information content (AvgIpc) is 3.33. The smallest absolute Gasteiger partial charge is 0.287 e. The van der Waals surface area contributed by atoms with E-state index in [1.165, 1.54) is 12.8 Å². The van der Waals surface area contributed by atoms with Gasteiger partial charge in [0.1, 0.15) is 0 Å². The SMILES string of the molecule is c1nc2nc3oc(-c4nc5nc6ncoc6nc5o4)nc3nc2o1. The molecule has 0 radical (unpaired) electrons. The van der Waals surface area contributed by atoms with E-state index in [0.29, 0.717) is 11.3 Å². The molecular formula is C12H2N8O4. The molecule has 12 heteroatoms. The Labute approximate surface area is 128 Å². The molecule has 0 amide bonds. The minimum atomic E-state index is 0.0852. The van der Waals surface area contributed by atoms with Crippen LogP contribution in [0.15, 0.2) is 30.5 Å². The highest BCUT2D eigenvalue weighted by Crippen LogP contribution is 2.26. The van der Waals surface area contributed by atoms with Crippen LogP contribution in [-0.2, 0) is 0 Å². The second kappa shape index (κ2) is 3.87. The first-order valence-corrected chi connectivity index (χ1v) is 6.59. The van der Waals surface area contributed by atoms with Crippen LogP contribution in [0.25, 0.3) is 57.2 Å². The Bertz CT molecular complexity index is 1170. The first-order valence-electron chi connectivity index (χ1n) is 6.59. The van der Waals surface area contributed by atoms with Crippen molar-refractivity contribution in [2.24, 2.45) is 0 Å².